The SMILES string of the molecule is C[C@H](NC(=O)C1(c2ccccc2)CC1)c1ccc(-c2nn[nH]n2)cc1. The quantitative estimate of drug-likeness (QED) is 0.752. The standard InChI is InChI=1S/C19H19N5O/c1-13(14-7-9-15(10-8-14)17-21-23-24-22-17)20-18(25)19(11-12-19)16-5-3-2-4-6-16/h2-10,13H,11-12H2,1H3,(H,20,25)(H,21,22,23,24)/t13-/m0/s1. The second-order valence-corrected chi connectivity index (χ2v) is 6.50. The number of aromatic amines is 1. The van der Waals surface area contributed by atoms with Gasteiger partial charge in [-0.05, 0) is 36.1 Å². The first-order chi connectivity index (χ1) is 12.2. The third kappa shape index (κ3) is 2.91. The number of benzene rings is 2. The van der Waals surface area contributed by atoms with Crippen LogP contribution in [0.3, 0.4) is 0 Å². The Kier molecular flexibility index (Phi) is 3.80. The molecule has 0 aliphatic heterocycles. The average Bonchev–Trinajstić information content (AvgIpc) is 3.30. The Labute approximate surface area is 145 Å². The summed E-state index contributed by atoms with van der Waals surface area (Å²) >= 11 is 0. The molecule has 1 fully saturated rings. The lowest BCUT2D eigenvalue weighted by Crippen LogP contribution is -2.36. The Bertz CT molecular complexity index is 855. The van der Waals surface area contributed by atoms with Crippen LogP contribution in [0.15, 0.2) is 54.6 Å². The van der Waals surface area contributed by atoms with Crippen molar-refractivity contribution >= 4 is 5.91 Å². The van der Waals surface area contributed by atoms with Gasteiger partial charge in [-0.15, -0.1) is 10.2 Å². The zero-order chi connectivity index (χ0) is 17.3. The molecule has 0 bridgehead atoms. The lowest BCUT2D eigenvalue weighted by atomic mass is 9.94. The summed E-state index contributed by atoms with van der Waals surface area (Å²) in [6.45, 7) is 2.00. The number of H-pyrrole nitrogens is 1. The molecule has 2 aromatic carbocycles. The number of tetrazole rings is 1. The summed E-state index contributed by atoms with van der Waals surface area (Å²) < 4.78 is 0. The first kappa shape index (κ1) is 15.5. The van der Waals surface area contributed by atoms with Crippen molar-refractivity contribution in [2.75, 3.05) is 0 Å². The van der Waals surface area contributed by atoms with E-state index in [-0.39, 0.29) is 17.4 Å². The lowest BCUT2D eigenvalue weighted by Gasteiger charge is -2.20. The number of carbonyl (C=O) groups is 1. The molecule has 2 N–H and O–H groups in total. The second kappa shape index (κ2) is 6.12. The predicted octanol–water partition coefficient (Wildman–Crippen LogP) is 2.78. The van der Waals surface area contributed by atoms with Crippen LogP contribution in [0.4, 0.5) is 0 Å². The highest BCUT2D eigenvalue weighted by Crippen LogP contribution is 2.48. The van der Waals surface area contributed by atoms with Crippen molar-refractivity contribution in [2.24, 2.45) is 0 Å². The minimum absolute atomic E-state index is 0.0620. The summed E-state index contributed by atoms with van der Waals surface area (Å²) in [4.78, 5) is 12.8. The molecule has 126 valence electrons. The number of nitrogens with one attached hydrogen (secondary N) is 2. The van der Waals surface area contributed by atoms with E-state index >= 15 is 0 Å². The lowest BCUT2D eigenvalue weighted by molar-refractivity contribution is -0.124. The zero-order valence-corrected chi connectivity index (χ0v) is 13.9. The number of nitrogens with zero attached hydrogens (tertiary/aromatic N) is 3. The van der Waals surface area contributed by atoms with Gasteiger partial charge in [-0.2, -0.15) is 5.21 Å². The molecular weight excluding hydrogens is 314 g/mol. The molecule has 6 nitrogen and oxygen atoms in total. The zero-order valence-electron chi connectivity index (χ0n) is 13.9. The fourth-order valence-electron chi connectivity index (χ4n) is 3.15. The maximum absolute atomic E-state index is 12.8. The summed E-state index contributed by atoms with van der Waals surface area (Å²) in [6, 6.07) is 17.8. The first-order valence-corrected chi connectivity index (χ1v) is 8.39. The van der Waals surface area contributed by atoms with E-state index in [4.69, 9.17) is 0 Å². The molecule has 6 heteroatoms. The summed E-state index contributed by atoms with van der Waals surface area (Å²) in [7, 11) is 0. The van der Waals surface area contributed by atoms with Crippen molar-refractivity contribution < 1.29 is 4.79 Å². The van der Waals surface area contributed by atoms with Crippen LogP contribution in [0.25, 0.3) is 11.4 Å². The van der Waals surface area contributed by atoms with Gasteiger partial charge < -0.3 is 5.32 Å². The number of amides is 1. The number of carbonyl (C=O) groups excluding carboxylic acids is 1. The molecule has 1 aromatic heterocycles. The van der Waals surface area contributed by atoms with Crippen LogP contribution in [-0.2, 0) is 10.2 Å². The van der Waals surface area contributed by atoms with Crippen LogP contribution < -0.4 is 5.32 Å². The number of hydrogen-bond donors (Lipinski definition) is 2. The Morgan fingerprint density at radius 1 is 1.12 bits per heavy atom. The van der Waals surface area contributed by atoms with Crippen LogP contribution >= 0.6 is 0 Å². The minimum Gasteiger partial charge on any atom is -0.349 e. The van der Waals surface area contributed by atoms with E-state index in [9.17, 15) is 4.79 Å². The minimum atomic E-state index is -0.347. The summed E-state index contributed by atoms with van der Waals surface area (Å²) in [5.41, 5.74) is 2.69. The third-order valence-corrected chi connectivity index (χ3v) is 4.87. The van der Waals surface area contributed by atoms with Crippen molar-refractivity contribution in [3.05, 3.63) is 65.7 Å². The predicted molar refractivity (Wildman–Crippen MR) is 93.5 cm³/mol. The van der Waals surface area contributed by atoms with Crippen molar-refractivity contribution in [2.45, 2.75) is 31.2 Å². The largest absolute Gasteiger partial charge is 0.349 e. The van der Waals surface area contributed by atoms with Gasteiger partial charge in [0.15, 0.2) is 0 Å². The molecule has 1 saturated carbocycles. The van der Waals surface area contributed by atoms with Gasteiger partial charge in [0.25, 0.3) is 0 Å². The molecule has 1 aliphatic rings. The Balaban J connectivity index is 1.47. The molecular formula is C19H19N5O. The monoisotopic (exact) mass is 333 g/mol. The number of aromatic nitrogens is 4. The fourth-order valence-corrected chi connectivity index (χ4v) is 3.15. The van der Waals surface area contributed by atoms with Gasteiger partial charge in [-0.25, -0.2) is 0 Å². The van der Waals surface area contributed by atoms with Gasteiger partial charge in [0.2, 0.25) is 11.7 Å². The number of rotatable bonds is 5. The van der Waals surface area contributed by atoms with Gasteiger partial charge in [-0.1, -0.05) is 54.6 Å². The molecule has 25 heavy (non-hydrogen) atoms. The van der Waals surface area contributed by atoms with Crippen molar-refractivity contribution in [1.29, 1.82) is 0 Å². The third-order valence-electron chi connectivity index (χ3n) is 4.87. The van der Waals surface area contributed by atoms with E-state index in [1.165, 1.54) is 0 Å². The van der Waals surface area contributed by atoms with Crippen LogP contribution in [0.1, 0.15) is 36.9 Å². The van der Waals surface area contributed by atoms with Crippen LogP contribution in [0.2, 0.25) is 0 Å². The van der Waals surface area contributed by atoms with Gasteiger partial charge in [0.05, 0.1) is 11.5 Å². The molecule has 0 radical (unpaired) electrons. The molecule has 0 saturated heterocycles. The molecule has 0 spiro atoms. The van der Waals surface area contributed by atoms with Crippen LogP contribution in [0.5, 0.6) is 0 Å². The van der Waals surface area contributed by atoms with Gasteiger partial charge in [-0.3, -0.25) is 4.79 Å². The molecule has 1 heterocycles. The van der Waals surface area contributed by atoms with Crippen molar-refractivity contribution in [1.82, 2.24) is 25.9 Å². The first-order valence-electron chi connectivity index (χ1n) is 8.39. The Hall–Kier alpha value is -3.02. The second-order valence-electron chi connectivity index (χ2n) is 6.50. The fraction of sp³-hybridized carbons (Fsp3) is 0.263. The smallest absolute Gasteiger partial charge is 0.231 e. The van der Waals surface area contributed by atoms with E-state index in [1.807, 2.05) is 61.5 Å². The topological polar surface area (TPSA) is 83.6 Å². The van der Waals surface area contributed by atoms with Crippen LogP contribution in [-0.4, -0.2) is 26.5 Å². The summed E-state index contributed by atoms with van der Waals surface area (Å²) in [5.74, 6) is 0.665. The van der Waals surface area contributed by atoms with Crippen LogP contribution in [0, 0.1) is 0 Å². The van der Waals surface area contributed by atoms with Crippen molar-refractivity contribution in [3.8, 4) is 11.4 Å². The highest BCUT2D eigenvalue weighted by atomic mass is 16.2. The highest BCUT2D eigenvalue weighted by molar-refractivity contribution is 5.91. The average molecular weight is 333 g/mol. The van der Waals surface area contributed by atoms with Crippen molar-refractivity contribution in [3.63, 3.8) is 0 Å². The molecule has 1 aliphatic carbocycles. The van der Waals surface area contributed by atoms with E-state index in [2.05, 4.69) is 25.9 Å². The van der Waals surface area contributed by atoms with Gasteiger partial charge >= 0.3 is 0 Å². The highest BCUT2D eigenvalue weighted by Gasteiger charge is 2.51. The maximum atomic E-state index is 12.8. The molecule has 4 rings (SSSR count). The van der Waals surface area contributed by atoms with E-state index in [1.54, 1.807) is 0 Å². The van der Waals surface area contributed by atoms with E-state index in [0.717, 1.165) is 29.5 Å². The van der Waals surface area contributed by atoms with E-state index < -0.39 is 0 Å². The van der Waals surface area contributed by atoms with Gasteiger partial charge in [0.1, 0.15) is 0 Å². The van der Waals surface area contributed by atoms with Gasteiger partial charge in [0, 0.05) is 5.56 Å². The maximum Gasteiger partial charge on any atom is 0.231 e. The molecule has 1 amide bonds. The summed E-state index contributed by atoms with van der Waals surface area (Å²) in [6.07, 6.45) is 1.82. The Morgan fingerprint density at radius 3 is 2.44 bits per heavy atom. The normalized spacial score (nSPS) is 16.2. The number of hydrogen-bond acceptors (Lipinski definition) is 4. The Morgan fingerprint density at radius 2 is 1.84 bits per heavy atom. The molecule has 0 unspecified atom stereocenters. The van der Waals surface area contributed by atoms with E-state index in [0.29, 0.717) is 5.82 Å². The molecule has 1 atom stereocenters. The summed E-state index contributed by atoms with van der Waals surface area (Å²) in [5, 5.41) is 17.1. The molecule has 3 aromatic rings.